The molecular formula is C19H20Cl2N2O3S. The number of hydrogen-bond acceptors (Lipinski definition) is 3. The van der Waals surface area contributed by atoms with Gasteiger partial charge >= 0.3 is 0 Å². The summed E-state index contributed by atoms with van der Waals surface area (Å²) >= 11 is 11.7. The van der Waals surface area contributed by atoms with Crippen LogP contribution in [0.4, 0.5) is 5.69 Å². The van der Waals surface area contributed by atoms with Gasteiger partial charge in [0.05, 0.1) is 21.4 Å². The van der Waals surface area contributed by atoms with E-state index in [1.807, 2.05) is 19.1 Å². The van der Waals surface area contributed by atoms with Crippen molar-refractivity contribution >= 4 is 44.8 Å². The number of anilines is 1. The summed E-state index contributed by atoms with van der Waals surface area (Å²) < 4.78 is 27.3. The first kappa shape index (κ1) is 21.3. The maximum atomic E-state index is 12.4. The van der Waals surface area contributed by atoms with Crippen molar-refractivity contribution in [2.75, 3.05) is 11.3 Å². The number of carbonyl (C=O) groups is 1. The maximum Gasteiger partial charge on any atom is 0.261 e. The number of halogens is 2. The number of carbonyl (C=O) groups excluding carboxylic acids is 1. The summed E-state index contributed by atoms with van der Waals surface area (Å²) in [5.74, 6) is -0.0800. The van der Waals surface area contributed by atoms with E-state index in [1.165, 1.54) is 18.2 Å². The molecule has 2 rings (SSSR count). The highest BCUT2D eigenvalue weighted by atomic mass is 35.5. The highest BCUT2D eigenvalue weighted by Crippen LogP contribution is 2.26. The van der Waals surface area contributed by atoms with Crippen LogP contribution in [0.5, 0.6) is 0 Å². The van der Waals surface area contributed by atoms with Gasteiger partial charge in [0.2, 0.25) is 5.91 Å². The van der Waals surface area contributed by atoms with Gasteiger partial charge in [-0.25, -0.2) is 8.42 Å². The topological polar surface area (TPSA) is 75.3 Å². The largest absolute Gasteiger partial charge is 0.356 e. The SMILES string of the molecule is C/C=C/CCNC(=O)Cc1ccc(NS(=O)(=O)c2ccc(Cl)c(Cl)c2)cc1. The van der Waals surface area contributed by atoms with Crippen LogP contribution in [-0.4, -0.2) is 20.9 Å². The van der Waals surface area contributed by atoms with E-state index in [2.05, 4.69) is 10.0 Å². The molecule has 0 aliphatic heterocycles. The van der Waals surface area contributed by atoms with E-state index >= 15 is 0 Å². The van der Waals surface area contributed by atoms with E-state index in [0.717, 1.165) is 12.0 Å². The molecule has 0 fully saturated rings. The fraction of sp³-hybridized carbons (Fsp3) is 0.211. The third kappa shape index (κ3) is 6.57. The van der Waals surface area contributed by atoms with Gasteiger partial charge in [-0.3, -0.25) is 9.52 Å². The van der Waals surface area contributed by atoms with E-state index in [-0.39, 0.29) is 27.3 Å². The Labute approximate surface area is 169 Å². The van der Waals surface area contributed by atoms with Crippen LogP contribution in [0.15, 0.2) is 59.5 Å². The first-order valence-corrected chi connectivity index (χ1v) is 10.5. The Hall–Kier alpha value is -2.02. The number of benzene rings is 2. The predicted octanol–water partition coefficient (Wildman–Crippen LogP) is 4.42. The minimum Gasteiger partial charge on any atom is -0.356 e. The van der Waals surface area contributed by atoms with E-state index in [0.29, 0.717) is 12.2 Å². The number of rotatable bonds is 8. The molecule has 0 aliphatic carbocycles. The van der Waals surface area contributed by atoms with Crippen molar-refractivity contribution in [2.24, 2.45) is 0 Å². The van der Waals surface area contributed by atoms with Gasteiger partial charge in [-0.2, -0.15) is 0 Å². The molecule has 2 N–H and O–H groups in total. The van der Waals surface area contributed by atoms with E-state index in [9.17, 15) is 13.2 Å². The standard InChI is InChI=1S/C19H20Cl2N2O3S/c1-2-3-4-11-22-19(24)12-14-5-7-15(8-6-14)23-27(25,26)16-9-10-17(20)18(21)13-16/h2-3,5-10,13,23H,4,11-12H2,1H3,(H,22,24)/b3-2+. The zero-order valence-corrected chi connectivity index (χ0v) is 17.0. The Kier molecular flexibility index (Phi) is 7.71. The van der Waals surface area contributed by atoms with Crippen LogP contribution in [0.1, 0.15) is 18.9 Å². The average molecular weight is 427 g/mol. The van der Waals surface area contributed by atoms with Crippen LogP contribution < -0.4 is 10.0 Å². The Morgan fingerprint density at radius 1 is 1.07 bits per heavy atom. The molecule has 0 saturated heterocycles. The zero-order valence-electron chi connectivity index (χ0n) is 14.7. The van der Waals surface area contributed by atoms with Crippen LogP contribution >= 0.6 is 23.2 Å². The van der Waals surface area contributed by atoms with Crippen molar-refractivity contribution in [3.05, 3.63) is 70.2 Å². The van der Waals surface area contributed by atoms with Gasteiger partial charge in [-0.05, 0) is 49.2 Å². The average Bonchev–Trinajstić information content (AvgIpc) is 2.62. The molecule has 1 amide bonds. The lowest BCUT2D eigenvalue weighted by atomic mass is 10.1. The molecule has 27 heavy (non-hydrogen) atoms. The number of hydrogen-bond donors (Lipinski definition) is 2. The molecule has 0 saturated carbocycles. The lowest BCUT2D eigenvalue weighted by molar-refractivity contribution is -0.120. The maximum absolute atomic E-state index is 12.4. The van der Waals surface area contributed by atoms with Crippen LogP contribution in [-0.2, 0) is 21.2 Å². The van der Waals surface area contributed by atoms with Crippen LogP contribution in [0.2, 0.25) is 10.0 Å². The van der Waals surface area contributed by atoms with Crippen molar-refractivity contribution < 1.29 is 13.2 Å². The van der Waals surface area contributed by atoms with Crippen molar-refractivity contribution in [1.82, 2.24) is 5.32 Å². The molecule has 0 bridgehead atoms. The van der Waals surface area contributed by atoms with Crippen LogP contribution in [0.3, 0.4) is 0 Å². The van der Waals surface area contributed by atoms with Crippen LogP contribution in [0, 0.1) is 0 Å². The zero-order chi connectivity index (χ0) is 19.9. The van der Waals surface area contributed by atoms with Crippen molar-refractivity contribution in [3.8, 4) is 0 Å². The Morgan fingerprint density at radius 2 is 1.78 bits per heavy atom. The molecule has 2 aromatic carbocycles. The Morgan fingerprint density at radius 3 is 2.41 bits per heavy atom. The summed E-state index contributed by atoms with van der Waals surface area (Å²) in [6, 6.07) is 10.7. The molecule has 0 spiro atoms. The van der Waals surface area contributed by atoms with Crippen LogP contribution in [0.25, 0.3) is 0 Å². The van der Waals surface area contributed by atoms with E-state index in [1.54, 1.807) is 24.3 Å². The first-order chi connectivity index (χ1) is 12.8. The smallest absolute Gasteiger partial charge is 0.261 e. The lowest BCUT2D eigenvalue weighted by Gasteiger charge is -2.10. The second kappa shape index (κ2) is 9.78. The monoisotopic (exact) mass is 426 g/mol. The van der Waals surface area contributed by atoms with Crippen molar-refractivity contribution in [2.45, 2.75) is 24.7 Å². The minimum atomic E-state index is -3.78. The van der Waals surface area contributed by atoms with Crippen molar-refractivity contribution in [3.63, 3.8) is 0 Å². The molecule has 0 aliphatic rings. The molecule has 0 radical (unpaired) electrons. The van der Waals surface area contributed by atoms with Gasteiger partial charge in [0, 0.05) is 12.2 Å². The summed E-state index contributed by atoms with van der Waals surface area (Å²) in [5.41, 5.74) is 1.18. The second-order valence-corrected chi connectivity index (χ2v) is 8.26. The minimum absolute atomic E-state index is 0.0153. The third-order valence-corrected chi connectivity index (χ3v) is 5.76. The number of sulfonamides is 1. The fourth-order valence-electron chi connectivity index (χ4n) is 2.26. The summed E-state index contributed by atoms with van der Waals surface area (Å²) in [4.78, 5) is 11.9. The predicted molar refractivity (Wildman–Crippen MR) is 110 cm³/mol. The summed E-state index contributed by atoms with van der Waals surface area (Å²) in [6.07, 6.45) is 4.94. The quantitative estimate of drug-likeness (QED) is 0.484. The van der Waals surface area contributed by atoms with E-state index < -0.39 is 10.0 Å². The molecule has 0 unspecified atom stereocenters. The first-order valence-electron chi connectivity index (χ1n) is 8.26. The Bertz CT molecular complexity index is 926. The number of allylic oxidation sites excluding steroid dienone is 1. The molecule has 144 valence electrons. The molecule has 0 heterocycles. The van der Waals surface area contributed by atoms with Gasteiger partial charge in [0.15, 0.2) is 0 Å². The summed E-state index contributed by atoms with van der Waals surface area (Å²) in [5, 5.41) is 3.27. The third-order valence-electron chi connectivity index (χ3n) is 3.64. The van der Waals surface area contributed by atoms with Gasteiger partial charge in [-0.15, -0.1) is 0 Å². The lowest BCUT2D eigenvalue weighted by Crippen LogP contribution is -2.25. The fourth-order valence-corrected chi connectivity index (χ4v) is 3.71. The van der Waals surface area contributed by atoms with Crippen molar-refractivity contribution in [1.29, 1.82) is 0 Å². The highest BCUT2D eigenvalue weighted by molar-refractivity contribution is 7.92. The Balaban J connectivity index is 1.98. The van der Waals surface area contributed by atoms with E-state index in [4.69, 9.17) is 23.2 Å². The molecule has 0 atom stereocenters. The highest BCUT2D eigenvalue weighted by Gasteiger charge is 2.15. The second-order valence-electron chi connectivity index (χ2n) is 5.76. The summed E-state index contributed by atoms with van der Waals surface area (Å²) in [7, 11) is -3.78. The molecule has 5 nitrogen and oxygen atoms in total. The summed E-state index contributed by atoms with van der Waals surface area (Å²) in [6.45, 7) is 2.52. The number of nitrogens with one attached hydrogen (secondary N) is 2. The molecule has 2 aromatic rings. The van der Waals surface area contributed by atoms with Gasteiger partial charge in [0.25, 0.3) is 10.0 Å². The molecule has 0 aromatic heterocycles. The van der Waals surface area contributed by atoms with Gasteiger partial charge < -0.3 is 5.32 Å². The van der Waals surface area contributed by atoms with Gasteiger partial charge in [0.1, 0.15) is 0 Å². The van der Waals surface area contributed by atoms with Gasteiger partial charge in [-0.1, -0.05) is 47.5 Å². The normalized spacial score (nSPS) is 11.5. The molecular weight excluding hydrogens is 407 g/mol. The number of amides is 1. The molecule has 8 heteroatoms.